The van der Waals surface area contributed by atoms with Crippen LogP contribution in [0.4, 0.5) is 0 Å². The molecule has 0 aliphatic carbocycles. The molecule has 70 valence electrons. The SMILES string of the molecule is N=C(CCl)CCCCCC(=O)O. The average Bonchev–Trinajstić information content (AvgIpc) is 2.03. The molecule has 0 fully saturated rings. The number of carbonyl (C=O) groups is 1. The zero-order valence-electron chi connectivity index (χ0n) is 6.98. The molecule has 0 heterocycles. The minimum atomic E-state index is -0.748. The summed E-state index contributed by atoms with van der Waals surface area (Å²) in [7, 11) is 0. The number of hydrogen-bond donors (Lipinski definition) is 2. The summed E-state index contributed by atoms with van der Waals surface area (Å²) in [4.78, 5) is 10.1. The van der Waals surface area contributed by atoms with Gasteiger partial charge in [0.2, 0.25) is 0 Å². The van der Waals surface area contributed by atoms with Gasteiger partial charge >= 0.3 is 5.97 Å². The molecular weight excluding hydrogens is 178 g/mol. The minimum absolute atomic E-state index is 0.230. The number of carboxylic acids is 1. The zero-order chi connectivity index (χ0) is 9.40. The van der Waals surface area contributed by atoms with Crippen molar-refractivity contribution in [2.45, 2.75) is 32.1 Å². The Morgan fingerprint density at radius 1 is 1.25 bits per heavy atom. The van der Waals surface area contributed by atoms with Gasteiger partial charge in [-0.3, -0.25) is 4.79 Å². The summed E-state index contributed by atoms with van der Waals surface area (Å²) in [5.74, 6) is -0.457. The van der Waals surface area contributed by atoms with Crippen LogP contribution in [0, 0.1) is 5.41 Å². The van der Waals surface area contributed by atoms with E-state index in [-0.39, 0.29) is 6.42 Å². The maximum absolute atomic E-state index is 10.1. The van der Waals surface area contributed by atoms with Crippen LogP contribution in [0.25, 0.3) is 0 Å². The highest BCUT2D eigenvalue weighted by Gasteiger charge is 1.97. The Hall–Kier alpha value is -0.570. The molecule has 0 aliphatic heterocycles. The van der Waals surface area contributed by atoms with E-state index in [1.807, 2.05) is 0 Å². The summed E-state index contributed by atoms with van der Waals surface area (Å²) >= 11 is 5.40. The fraction of sp³-hybridized carbons (Fsp3) is 0.750. The topological polar surface area (TPSA) is 61.2 Å². The fourth-order valence-corrected chi connectivity index (χ4v) is 0.992. The number of halogens is 1. The second-order valence-corrected chi connectivity index (χ2v) is 2.96. The highest BCUT2D eigenvalue weighted by Crippen LogP contribution is 2.04. The summed E-state index contributed by atoms with van der Waals surface area (Å²) < 4.78 is 0. The van der Waals surface area contributed by atoms with Crippen LogP contribution in [0.5, 0.6) is 0 Å². The highest BCUT2D eigenvalue weighted by atomic mass is 35.5. The van der Waals surface area contributed by atoms with E-state index in [0.717, 1.165) is 12.8 Å². The lowest BCUT2D eigenvalue weighted by molar-refractivity contribution is -0.137. The number of nitrogens with one attached hydrogen (secondary N) is 1. The molecule has 0 saturated carbocycles. The first-order chi connectivity index (χ1) is 5.66. The van der Waals surface area contributed by atoms with Crippen LogP contribution in [0.15, 0.2) is 0 Å². The normalized spacial score (nSPS) is 9.75. The molecule has 0 aromatic heterocycles. The highest BCUT2D eigenvalue weighted by molar-refractivity contribution is 6.28. The van der Waals surface area contributed by atoms with Crippen LogP contribution in [-0.2, 0) is 4.79 Å². The summed E-state index contributed by atoms with van der Waals surface area (Å²) in [6.45, 7) is 0. The van der Waals surface area contributed by atoms with Crippen molar-refractivity contribution in [1.82, 2.24) is 0 Å². The third-order valence-electron chi connectivity index (χ3n) is 1.53. The molecule has 3 nitrogen and oxygen atoms in total. The van der Waals surface area contributed by atoms with Crippen molar-refractivity contribution < 1.29 is 9.90 Å². The number of alkyl halides is 1. The van der Waals surface area contributed by atoms with Gasteiger partial charge in [-0.05, 0) is 19.3 Å². The van der Waals surface area contributed by atoms with Crippen LogP contribution in [0.3, 0.4) is 0 Å². The monoisotopic (exact) mass is 191 g/mol. The molecule has 0 bridgehead atoms. The van der Waals surface area contributed by atoms with E-state index in [1.165, 1.54) is 0 Å². The van der Waals surface area contributed by atoms with Crippen LogP contribution >= 0.6 is 11.6 Å². The molecule has 0 aliphatic rings. The summed E-state index contributed by atoms with van der Waals surface area (Å²) in [6.07, 6.45) is 3.37. The molecule has 0 unspecified atom stereocenters. The number of rotatable bonds is 7. The number of unbranched alkanes of at least 4 members (excludes halogenated alkanes) is 2. The molecule has 0 spiro atoms. The third kappa shape index (κ3) is 7.54. The molecule has 0 saturated heterocycles. The summed E-state index contributed by atoms with van der Waals surface area (Å²) in [5.41, 5.74) is 0.534. The van der Waals surface area contributed by atoms with E-state index in [2.05, 4.69) is 0 Å². The van der Waals surface area contributed by atoms with Crippen LogP contribution in [0.1, 0.15) is 32.1 Å². The summed E-state index contributed by atoms with van der Waals surface area (Å²) in [5, 5.41) is 15.5. The van der Waals surface area contributed by atoms with Crippen LogP contribution in [-0.4, -0.2) is 22.7 Å². The van der Waals surface area contributed by atoms with E-state index in [4.69, 9.17) is 22.1 Å². The lowest BCUT2D eigenvalue weighted by atomic mass is 10.1. The Morgan fingerprint density at radius 3 is 2.33 bits per heavy atom. The second-order valence-electron chi connectivity index (χ2n) is 2.69. The van der Waals surface area contributed by atoms with Crippen molar-refractivity contribution in [3.63, 3.8) is 0 Å². The van der Waals surface area contributed by atoms with Crippen LogP contribution in [0.2, 0.25) is 0 Å². The molecule has 12 heavy (non-hydrogen) atoms. The molecule has 0 aromatic carbocycles. The Balaban J connectivity index is 3.11. The molecule has 0 rings (SSSR count). The Bertz CT molecular complexity index is 159. The largest absolute Gasteiger partial charge is 0.481 e. The first-order valence-electron chi connectivity index (χ1n) is 4.01. The van der Waals surface area contributed by atoms with Gasteiger partial charge in [-0.1, -0.05) is 6.42 Å². The van der Waals surface area contributed by atoms with Gasteiger partial charge in [0, 0.05) is 12.1 Å². The van der Waals surface area contributed by atoms with Crippen molar-refractivity contribution in [2.24, 2.45) is 0 Å². The van der Waals surface area contributed by atoms with Crippen molar-refractivity contribution in [1.29, 1.82) is 5.41 Å². The van der Waals surface area contributed by atoms with Gasteiger partial charge in [0.25, 0.3) is 0 Å². The lowest BCUT2D eigenvalue weighted by Crippen LogP contribution is -1.98. The number of hydrogen-bond acceptors (Lipinski definition) is 2. The Kier molecular flexibility index (Phi) is 6.76. The smallest absolute Gasteiger partial charge is 0.303 e. The zero-order valence-corrected chi connectivity index (χ0v) is 7.73. The van der Waals surface area contributed by atoms with Gasteiger partial charge in [0.1, 0.15) is 0 Å². The summed E-state index contributed by atoms with van der Waals surface area (Å²) in [6, 6.07) is 0. The van der Waals surface area contributed by atoms with E-state index in [0.29, 0.717) is 24.4 Å². The molecule has 0 radical (unpaired) electrons. The van der Waals surface area contributed by atoms with E-state index < -0.39 is 5.97 Å². The molecule has 0 atom stereocenters. The minimum Gasteiger partial charge on any atom is -0.481 e. The van der Waals surface area contributed by atoms with Crippen molar-refractivity contribution in [2.75, 3.05) is 5.88 Å². The van der Waals surface area contributed by atoms with Crippen molar-refractivity contribution in [3.05, 3.63) is 0 Å². The maximum atomic E-state index is 10.1. The predicted octanol–water partition coefficient (Wildman–Crippen LogP) is 2.28. The molecule has 4 heteroatoms. The maximum Gasteiger partial charge on any atom is 0.303 e. The fourth-order valence-electron chi connectivity index (χ4n) is 0.858. The van der Waals surface area contributed by atoms with E-state index in [1.54, 1.807) is 0 Å². The van der Waals surface area contributed by atoms with Crippen molar-refractivity contribution in [3.8, 4) is 0 Å². The number of aliphatic carboxylic acids is 1. The van der Waals surface area contributed by atoms with E-state index in [9.17, 15) is 4.79 Å². The molecular formula is C8H14ClNO2. The average molecular weight is 192 g/mol. The standard InChI is InChI=1S/C8H14ClNO2/c9-6-7(10)4-2-1-3-5-8(11)12/h10H,1-6H2,(H,11,12). The quantitative estimate of drug-likeness (QED) is 0.369. The molecule has 0 aromatic rings. The van der Waals surface area contributed by atoms with Gasteiger partial charge in [-0.25, -0.2) is 0 Å². The molecule has 2 N–H and O–H groups in total. The predicted molar refractivity (Wildman–Crippen MR) is 49.2 cm³/mol. The lowest BCUT2D eigenvalue weighted by Gasteiger charge is -1.98. The number of carboxylic acid groups (broad SMARTS) is 1. The second kappa shape index (κ2) is 7.10. The first kappa shape index (κ1) is 11.4. The van der Waals surface area contributed by atoms with Gasteiger partial charge in [0.15, 0.2) is 0 Å². The third-order valence-corrected chi connectivity index (χ3v) is 1.85. The van der Waals surface area contributed by atoms with Gasteiger partial charge in [-0.2, -0.15) is 0 Å². The van der Waals surface area contributed by atoms with Gasteiger partial charge < -0.3 is 10.5 Å². The van der Waals surface area contributed by atoms with Crippen molar-refractivity contribution >= 4 is 23.3 Å². The van der Waals surface area contributed by atoms with Gasteiger partial charge in [0.05, 0.1) is 5.88 Å². The Labute approximate surface area is 77.2 Å². The van der Waals surface area contributed by atoms with Crippen LogP contribution < -0.4 is 0 Å². The first-order valence-corrected chi connectivity index (χ1v) is 4.54. The molecule has 0 amide bonds. The van der Waals surface area contributed by atoms with E-state index >= 15 is 0 Å². The van der Waals surface area contributed by atoms with Gasteiger partial charge in [-0.15, -0.1) is 11.6 Å². The Morgan fingerprint density at radius 2 is 1.83 bits per heavy atom.